The van der Waals surface area contributed by atoms with Crippen LogP contribution in [0.5, 0.6) is 0 Å². The van der Waals surface area contributed by atoms with E-state index >= 15 is 0 Å². The summed E-state index contributed by atoms with van der Waals surface area (Å²) in [6, 6.07) is 5.13. The molecule has 1 aromatic rings. The van der Waals surface area contributed by atoms with E-state index in [1.54, 1.807) is 18.2 Å². The van der Waals surface area contributed by atoms with Gasteiger partial charge in [0.25, 0.3) is 0 Å². The summed E-state index contributed by atoms with van der Waals surface area (Å²) in [6.45, 7) is 0.745. The maximum atomic E-state index is 12.6. The van der Waals surface area contributed by atoms with Gasteiger partial charge in [0.2, 0.25) is 5.91 Å². The molecule has 114 valence electrons. The van der Waals surface area contributed by atoms with Crippen LogP contribution < -0.4 is 11.1 Å². The molecule has 1 saturated heterocycles. The standard InChI is InChI=1S/C13H15BrClN3O3/c14-8-1-2-10(9(15)7-8)17-12(19)13(11(16)18-20)3-5-21-6-4-13/h1-2,7,20H,3-6H2,(H2,16,18)(H,17,19). The molecule has 1 fully saturated rings. The van der Waals surface area contributed by atoms with Crippen LogP contribution in [0.15, 0.2) is 27.8 Å². The molecule has 0 bridgehead atoms. The molecule has 0 spiro atoms. The fourth-order valence-corrected chi connectivity index (χ4v) is 2.97. The maximum Gasteiger partial charge on any atom is 0.238 e. The molecule has 6 nitrogen and oxygen atoms in total. The van der Waals surface area contributed by atoms with Crippen molar-refractivity contribution >= 4 is 45.0 Å². The molecule has 2 rings (SSSR count). The van der Waals surface area contributed by atoms with Crippen molar-refractivity contribution in [3.63, 3.8) is 0 Å². The Bertz CT molecular complexity index is 574. The molecule has 1 aliphatic heterocycles. The Kier molecular flexibility index (Phi) is 5.08. The quantitative estimate of drug-likeness (QED) is 0.327. The second-order valence-electron chi connectivity index (χ2n) is 4.76. The van der Waals surface area contributed by atoms with Crippen molar-refractivity contribution in [2.24, 2.45) is 16.3 Å². The minimum absolute atomic E-state index is 0.114. The predicted octanol–water partition coefficient (Wildman–Crippen LogP) is 2.58. The Labute approximate surface area is 135 Å². The SMILES string of the molecule is NC(=NO)C1(C(=O)Nc2ccc(Br)cc2Cl)CCOCC1. The third kappa shape index (κ3) is 3.30. The van der Waals surface area contributed by atoms with Crippen molar-refractivity contribution in [1.82, 2.24) is 0 Å². The van der Waals surface area contributed by atoms with Gasteiger partial charge >= 0.3 is 0 Å². The number of carbonyl (C=O) groups excluding carboxylic acids is 1. The van der Waals surface area contributed by atoms with Gasteiger partial charge in [0.15, 0.2) is 5.84 Å². The number of ether oxygens (including phenoxy) is 1. The van der Waals surface area contributed by atoms with Crippen molar-refractivity contribution in [3.8, 4) is 0 Å². The molecular weight excluding hydrogens is 362 g/mol. The second-order valence-corrected chi connectivity index (χ2v) is 6.08. The minimum Gasteiger partial charge on any atom is -0.409 e. The van der Waals surface area contributed by atoms with Gasteiger partial charge in [-0.3, -0.25) is 4.79 Å². The molecule has 4 N–H and O–H groups in total. The van der Waals surface area contributed by atoms with Gasteiger partial charge in [-0.25, -0.2) is 0 Å². The Hall–Kier alpha value is -1.31. The van der Waals surface area contributed by atoms with Crippen LogP contribution in [0.4, 0.5) is 5.69 Å². The lowest BCUT2D eigenvalue weighted by Crippen LogP contribution is -2.50. The first-order valence-corrected chi connectivity index (χ1v) is 7.49. The molecule has 0 atom stereocenters. The van der Waals surface area contributed by atoms with E-state index in [0.29, 0.717) is 36.8 Å². The molecule has 0 saturated carbocycles. The molecule has 0 radical (unpaired) electrons. The highest BCUT2D eigenvalue weighted by atomic mass is 79.9. The van der Waals surface area contributed by atoms with Crippen LogP contribution in [0.3, 0.4) is 0 Å². The fraction of sp³-hybridized carbons (Fsp3) is 0.385. The molecule has 1 aliphatic rings. The number of amides is 1. The molecule has 0 unspecified atom stereocenters. The van der Waals surface area contributed by atoms with Crippen molar-refractivity contribution in [3.05, 3.63) is 27.7 Å². The highest BCUT2D eigenvalue weighted by molar-refractivity contribution is 9.10. The zero-order valence-electron chi connectivity index (χ0n) is 11.1. The number of benzene rings is 1. The number of rotatable bonds is 3. The Balaban J connectivity index is 2.27. The molecular formula is C13H15BrClN3O3. The number of amidine groups is 1. The van der Waals surface area contributed by atoms with Gasteiger partial charge in [-0.1, -0.05) is 32.7 Å². The first kappa shape index (κ1) is 16.1. The van der Waals surface area contributed by atoms with Crippen LogP contribution >= 0.6 is 27.5 Å². The van der Waals surface area contributed by atoms with Crippen LogP contribution in [-0.2, 0) is 9.53 Å². The van der Waals surface area contributed by atoms with Crippen molar-refractivity contribution < 1.29 is 14.7 Å². The number of oxime groups is 1. The highest BCUT2D eigenvalue weighted by Gasteiger charge is 2.44. The fourth-order valence-electron chi connectivity index (χ4n) is 2.25. The molecule has 0 aromatic heterocycles. The average Bonchev–Trinajstić information content (AvgIpc) is 2.49. The van der Waals surface area contributed by atoms with Crippen LogP contribution in [-0.4, -0.2) is 30.2 Å². The number of carbonyl (C=O) groups is 1. The number of hydrogen-bond donors (Lipinski definition) is 3. The van der Waals surface area contributed by atoms with E-state index in [4.69, 9.17) is 27.3 Å². The lowest BCUT2D eigenvalue weighted by molar-refractivity contribution is -0.126. The van der Waals surface area contributed by atoms with E-state index in [1.807, 2.05) is 0 Å². The lowest BCUT2D eigenvalue weighted by atomic mass is 9.78. The normalized spacial score (nSPS) is 18.3. The van der Waals surface area contributed by atoms with E-state index in [-0.39, 0.29) is 11.7 Å². The molecule has 1 aromatic carbocycles. The molecule has 8 heteroatoms. The van der Waals surface area contributed by atoms with Crippen LogP contribution in [0.25, 0.3) is 0 Å². The van der Waals surface area contributed by atoms with Gasteiger partial charge < -0.3 is 21.0 Å². The summed E-state index contributed by atoms with van der Waals surface area (Å²) in [5, 5.41) is 15.1. The number of hydrogen-bond acceptors (Lipinski definition) is 4. The van der Waals surface area contributed by atoms with Crippen LogP contribution in [0.2, 0.25) is 5.02 Å². The topological polar surface area (TPSA) is 96.9 Å². The summed E-state index contributed by atoms with van der Waals surface area (Å²) in [6.07, 6.45) is 0.700. The summed E-state index contributed by atoms with van der Waals surface area (Å²) < 4.78 is 6.06. The van der Waals surface area contributed by atoms with Gasteiger partial charge in [0, 0.05) is 17.7 Å². The minimum atomic E-state index is -1.08. The average molecular weight is 377 g/mol. The van der Waals surface area contributed by atoms with Gasteiger partial charge in [0.05, 0.1) is 10.7 Å². The molecule has 1 amide bonds. The van der Waals surface area contributed by atoms with Crippen LogP contribution in [0.1, 0.15) is 12.8 Å². The summed E-state index contributed by atoms with van der Waals surface area (Å²) in [4.78, 5) is 12.6. The van der Waals surface area contributed by atoms with Crippen molar-refractivity contribution in [2.75, 3.05) is 18.5 Å². The first-order valence-electron chi connectivity index (χ1n) is 6.32. The third-order valence-corrected chi connectivity index (χ3v) is 4.36. The largest absolute Gasteiger partial charge is 0.409 e. The summed E-state index contributed by atoms with van der Waals surface area (Å²) in [5.41, 5.74) is 5.14. The zero-order chi connectivity index (χ0) is 15.5. The Morgan fingerprint density at radius 1 is 1.48 bits per heavy atom. The predicted molar refractivity (Wildman–Crippen MR) is 83.7 cm³/mol. The third-order valence-electron chi connectivity index (χ3n) is 3.56. The van der Waals surface area contributed by atoms with Gasteiger partial charge in [0.1, 0.15) is 5.41 Å². The van der Waals surface area contributed by atoms with Crippen LogP contribution in [0, 0.1) is 5.41 Å². The summed E-state index contributed by atoms with van der Waals surface area (Å²) in [7, 11) is 0. The summed E-state index contributed by atoms with van der Waals surface area (Å²) >= 11 is 9.39. The zero-order valence-corrected chi connectivity index (χ0v) is 13.4. The summed E-state index contributed by atoms with van der Waals surface area (Å²) in [5.74, 6) is -0.471. The number of nitrogens with zero attached hydrogens (tertiary/aromatic N) is 1. The number of halogens is 2. The van der Waals surface area contributed by atoms with Gasteiger partial charge in [-0.05, 0) is 31.0 Å². The van der Waals surface area contributed by atoms with E-state index in [9.17, 15) is 4.79 Å². The van der Waals surface area contributed by atoms with E-state index < -0.39 is 5.41 Å². The Morgan fingerprint density at radius 3 is 2.71 bits per heavy atom. The highest BCUT2D eigenvalue weighted by Crippen LogP contribution is 2.34. The number of nitrogens with one attached hydrogen (secondary N) is 1. The monoisotopic (exact) mass is 375 g/mol. The number of nitrogens with two attached hydrogens (primary N) is 1. The van der Waals surface area contributed by atoms with E-state index in [2.05, 4.69) is 26.4 Å². The molecule has 0 aliphatic carbocycles. The van der Waals surface area contributed by atoms with Gasteiger partial charge in [-0.15, -0.1) is 0 Å². The Morgan fingerprint density at radius 2 is 2.14 bits per heavy atom. The van der Waals surface area contributed by atoms with Gasteiger partial charge in [-0.2, -0.15) is 0 Å². The lowest BCUT2D eigenvalue weighted by Gasteiger charge is -2.34. The van der Waals surface area contributed by atoms with E-state index in [1.165, 1.54) is 0 Å². The first-order chi connectivity index (χ1) is 9.99. The van der Waals surface area contributed by atoms with Crippen molar-refractivity contribution in [2.45, 2.75) is 12.8 Å². The number of anilines is 1. The smallest absolute Gasteiger partial charge is 0.238 e. The van der Waals surface area contributed by atoms with Crippen molar-refractivity contribution in [1.29, 1.82) is 0 Å². The second kappa shape index (κ2) is 6.64. The molecule has 1 heterocycles. The van der Waals surface area contributed by atoms with E-state index in [0.717, 1.165) is 4.47 Å². The maximum absolute atomic E-state index is 12.6. The molecule has 21 heavy (non-hydrogen) atoms.